The van der Waals surface area contributed by atoms with Gasteiger partial charge in [-0.05, 0) is 62.1 Å². The molecule has 1 aromatic carbocycles. The van der Waals surface area contributed by atoms with E-state index in [0.29, 0.717) is 18.3 Å². The molecule has 4 aliphatic heterocycles. The van der Waals surface area contributed by atoms with E-state index in [4.69, 9.17) is 33.5 Å². The van der Waals surface area contributed by atoms with Crippen LogP contribution in [0.2, 0.25) is 0 Å². The predicted octanol–water partition coefficient (Wildman–Crippen LogP) is 4.91. The van der Waals surface area contributed by atoms with Crippen molar-refractivity contribution >= 4 is 5.97 Å². The number of fused-ring (bicyclic) bond motifs is 2. The van der Waals surface area contributed by atoms with Gasteiger partial charge in [0.1, 0.15) is 5.75 Å². The average Bonchev–Trinajstić information content (AvgIpc) is 3.10. The number of esters is 1. The topological polar surface area (TPSA) is 81.7 Å². The Kier molecular flexibility index (Phi) is 6.87. The molecule has 194 valence electrons. The minimum Gasteiger partial charge on any atom is -0.497 e. The highest BCUT2D eigenvalue weighted by atomic mass is 17.3. The molecule has 1 aromatic rings. The summed E-state index contributed by atoms with van der Waals surface area (Å²) in [6, 6.07) is 7.74. The second-order valence-electron chi connectivity index (χ2n) is 10.8. The first-order valence-electron chi connectivity index (χ1n) is 12.9. The lowest BCUT2D eigenvalue weighted by atomic mass is 9.58. The summed E-state index contributed by atoms with van der Waals surface area (Å²) >= 11 is 0. The highest BCUT2D eigenvalue weighted by molar-refractivity contribution is 5.69. The van der Waals surface area contributed by atoms with Gasteiger partial charge in [-0.15, -0.1) is 0 Å². The van der Waals surface area contributed by atoms with E-state index < -0.39 is 24.0 Å². The Morgan fingerprint density at radius 2 is 1.86 bits per heavy atom. The molecular formula is C27H38O8. The van der Waals surface area contributed by atoms with Crippen molar-refractivity contribution in [3.05, 3.63) is 29.8 Å². The fourth-order valence-electron chi connectivity index (χ4n) is 6.67. The summed E-state index contributed by atoms with van der Waals surface area (Å²) in [5.74, 6) is 0.693. The second-order valence-corrected chi connectivity index (χ2v) is 10.8. The third kappa shape index (κ3) is 4.37. The number of ether oxygens (including phenoxy) is 5. The Hall–Kier alpha value is -1.71. The van der Waals surface area contributed by atoms with Crippen molar-refractivity contribution < 1.29 is 38.3 Å². The number of carbonyl (C=O) groups excluding carboxylic acids is 1. The molecule has 8 heteroatoms. The van der Waals surface area contributed by atoms with Gasteiger partial charge >= 0.3 is 5.97 Å². The third-order valence-corrected chi connectivity index (χ3v) is 8.72. The van der Waals surface area contributed by atoms with Crippen LogP contribution < -0.4 is 4.74 Å². The fraction of sp³-hybridized carbons (Fsp3) is 0.741. The Morgan fingerprint density at radius 1 is 1.09 bits per heavy atom. The van der Waals surface area contributed by atoms with Crippen molar-refractivity contribution in [1.82, 2.24) is 0 Å². The lowest BCUT2D eigenvalue weighted by molar-refractivity contribution is -0.578. The van der Waals surface area contributed by atoms with E-state index >= 15 is 0 Å². The molecule has 0 radical (unpaired) electrons. The molecule has 6 rings (SSSR count). The van der Waals surface area contributed by atoms with E-state index in [9.17, 15) is 4.79 Å². The van der Waals surface area contributed by atoms with Crippen LogP contribution in [0, 0.1) is 23.7 Å². The zero-order valence-electron chi connectivity index (χ0n) is 21.4. The summed E-state index contributed by atoms with van der Waals surface area (Å²) in [6.45, 7) is 6.39. The van der Waals surface area contributed by atoms with Gasteiger partial charge in [0.05, 0.1) is 20.3 Å². The molecular weight excluding hydrogens is 452 g/mol. The predicted molar refractivity (Wildman–Crippen MR) is 125 cm³/mol. The molecule has 9 atom stereocenters. The van der Waals surface area contributed by atoms with Gasteiger partial charge in [0.15, 0.2) is 18.2 Å². The standard InChI is InChI=1S/C27H38O8/c1-16-6-11-21-17(2)24(32-25-27(21)20(16)14-15-26(3,33-25)34-35-27)31-22(12-13-23(28)30-5)18-7-9-19(29-4)10-8-18/h7-10,16-17,20-22,24-25H,6,11-15H2,1-5H3/t16-,17-,20+,21?,22-,24-,25-,26+,27-/m1/s1. The van der Waals surface area contributed by atoms with Crippen LogP contribution in [0.5, 0.6) is 5.75 Å². The smallest absolute Gasteiger partial charge is 0.305 e. The molecule has 35 heavy (non-hydrogen) atoms. The van der Waals surface area contributed by atoms with Crippen LogP contribution in [0.25, 0.3) is 0 Å². The first-order chi connectivity index (χ1) is 16.8. The summed E-state index contributed by atoms with van der Waals surface area (Å²) in [5, 5.41) is 0. The first kappa shape index (κ1) is 25.0. The molecule has 1 unspecified atom stereocenters. The third-order valence-electron chi connectivity index (χ3n) is 8.72. The Bertz CT molecular complexity index is 905. The zero-order valence-corrected chi connectivity index (χ0v) is 21.4. The number of rotatable bonds is 7. The Balaban J connectivity index is 1.42. The quantitative estimate of drug-likeness (QED) is 0.394. The van der Waals surface area contributed by atoms with Crippen molar-refractivity contribution in [3.63, 3.8) is 0 Å². The van der Waals surface area contributed by atoms with Gasteiger partial charge < -0.3 is 23.7 Å². The van der Waals surface area contributed by atoms with Gasteiger partial charge in [0.25, 0.3) is 0 Å². The second kappa shape index (κ2) is 9.63. The first-order valence-corrected chi connectivity index (χ1v) is 12.9. The molecule has 1 spiro atoms. The van der Waals surface area contributed by atoms with Crippen LogP contribution in [0.4, 0.5) is 0 Å². The highest BCUT2D eigenvalue weighted by Crippen LogP contribution is 2.60. The maximum atomic E-state index is 11.9. The fourth-order valence-corrected chi connectivity index (χ4v) is 6.67. The molecule has 4 saturated heterocycles. The molecule has 4 heterocycles. The molecule has 1 aliphatic carbocycles. The molecule has 1 saturated carbocycles. The number of carbonyl (C=O) groups is 1. The van der Waals surface area contributed by atoms with Crippen LogP contribution in [-0.4, -0.2) is 44.2 Å². The molecule has 2 bridgehead atoms. The summed E-state index contributed by atoms with van der Waals surface area (Å²) in [4.78, 5) is 24.1. The zero-order chi connectivity index (χ0) is 24.8. The Labute approximate surface area is 207 Å². The number of hydrogen-bond acceptors (Lipinski definition) is 8. The van der Waals surface area contributed by atoms with Crippen molar-refractivity contribution in [2.75, 3.05) is 14.2 Å². The van der Waals surface area contributed by atoms with Gasteiger partial charge in [0.2, 0.25) is 5.79 Å². The minimum absolute atomic E-state index is 0.0507. The van der Waals surface area contributed by atoms with Crippen molar-refractivity contribution in [3.8, 4) is 5.75 Å². The van der Waals surface area contributed by atoms with E-state index in [1.165, 1.54) is 7.11 Å². The largest absolute Gasteiger partial charge is 0.497 e. The maximum Gasteiger partial charge on any atom is 0.305 e. The van der Waals surface area contributed by atoms with Crippen LogP contribution >= 0.6 is 0 Å². The molecule has 0 N–H and O–H groups in total. The monoisotopic (exact) mass is 490 g/mol. The lowest BCUT2D eigenvalue weighted by Gasteiger charge is -2.60. The van der Waals surface area contributed by atoms with Crippen LogP contribution in [-0.2, 0) is 33.5 Å². The average molecular weight is 491 g/mol. The van der Waals surface area contributed by atoms with Gasteiger partial charge in [-0.25, -0.2) is 9.78 Å². The SMILES string of the molecule is COC(=O)CC[C@@H](O[C@@H]1O[C@@H]2O[C@]3(C)CC[C@H]4[C@H](C)CCC([C@H]1C)[C@@]24OO3)c1ccc(OC)cc1. The summed E-state index contributed by atoms with van der Waals surface area (Å²) in [7, 11) is 3.04. The number of benzene rings is 1. The van der Waals surface area contributed by atoms with E-state index in [1.807, 2.05) is 31.2 Å². The molecule has 5 fully saturated rings. The number of methoxy groups -OCH3 is 2. The Morgan fingerprint density at radius 3 is 2.57 bits per heavy atom. The van der Waals surface area contributed by atoms with Crippen LogP contribution in [0.1, 0.15) is 71.0 Å². The highest BCUT2D eigenvalue weighted by Gasteiger charge is 2.69. The summed E-state index contributed by atoms with van der Waals surface area (Å²) < 4.78 is 29.9. The van der Waals surface area contributed by atoms with E-state index in [1.54, 1.807) is 7.11 Å². The normalized spacial score (nSPS) is 40.9. The lowest BCUT2D eigenvalue weighted by Crippen LogP contribution is -2.70. The molecule has 5 aliphatic rings. The van der Waals surface area contributed by atoms with E-state index in [-0.39, 0.29) is 30.3 Å². The van der Waals surface area contributed by atoms with Crippen molar-refractivity contribution in [1.29, 1.82) is 0 Å². The van der Waals surface area contributed by atoms with E-state index in [0.717, 1.165) is 37.0 Å². The summed E-state index contributed by atoms with van der Waals surface area (Å²) in [6.07, 6.45) is 3.17. The van der Waals surface area contributed by atoms with Crippen LogP contribution in [0.15, 0.2) is 24.3 Å². The van der Waals surface area contributed by atoms with Crippen LogP contribution in [0.3, 0.4) is 0 Å². The van der Waals surface area contributed by atoms with Gasteiger partial charge in [-0.1, -0.05) is 26.0 Å². The van der Waals surface area contributed by atoms with Crippen molar-refractivity contribution in [2.45, 2.75) is 89.4 Å². The van der Waals surface area contributed by atoms with Gasteiger partial charge in [-0.3, -0.25) is 4.79 Å². The molecule has 0 aromatic heterocycles. The maximum absolute atomic E-state index is 11.9. The van der Waals surface area contributed by atoms with E-state index in [2.05, 4.69) is 13.8 Å². The minimum atomic E-state index is -0.830. The summed E-state index contributed by atoms with van der Waals surface area (Å²) in [5.41, 5.74) is 0.324. The molecule has 0 amide bonds. The van der Waals surface area contributed by atoms with Gasteiger partial charge in [0, 0.05) is 24.7 Å². The molecule has 8 nitrogen and oxygen atoms in total. The van der Waals surface area contributed by atoms with Crippen molar-refractivity contribution in [2.24, 2.45) is 23.7 Å². The number of hydrogen-bond donors (Lipinski definition) is 0. The van der Waals surface area contributed by atoms with Gasteiger partial charge in [-0.2, -0.15) is 0 Å².